The zero-order valence-electron chi connectivity index (χ0n) is 10.6. The van der Waals surface area contributed by atoms with Crippen LogP contribution in [0.15, 0.2) is 24.3 Å². The number of benzene rings is 1. The van der Waals surface area contributed by atoms with Crippen molar-refractivity contribution in [1.29, 1.82) is 0 Å². The standard InChI is InChI=1S/C12H15F3N2O2/c1-17(2)7-6-16-11(18)9-4-3-5-10(8-9)19-12(13,14)15/h3-5,8H,6-7H2,1-2H3,(H,16,18). The van der Waals surface area contributed by atoms with Crippen LogP contribution in [0.3, 0.4) is 0 Å². The van der Waals surface area contributed by atoms with Crippen molar-refractivity contribution in [2.75, 3.05) is 27.2 Å². The molecule has 7 heteroatoms. The first kappa shape index (κ1) is 15.3. The van der Waals surface area contributed by atoms with Crippen molar-refractivity contribution in [3.63, 3.8) is 0 Å². The number of amides is 1. The molecule has 4 nitrogen and oxygen atoms in total. The van der Waals surface area contributed by atoms with Gasteiger partial charge in [-0.25, -0.2) is 0 Å². The van der Waals surface area contributed by atoms with Crippen molar-refractivity contribution in [2.24, 2.45) is 0 Å². The van der Waals surface area contributed by atoms with Gasteiger partial charge < -0.3 is 15.0 Å². The molecule has 0 radical (unpaired) electrons. The third-order valence-corrected chi connectivity index (χ3v) is 2.17. The summed E-state index contributed by atoms with van der Waals surface area (Å²) in [7, 11) is 3.70. The fraction of sp³-hybridized carbons (Fsp3) is 0.417. The predicted octanol–water partition coefficient (Wildman–Crippen LogP) is 1.88. The molecule has 0 aliphatic heterocycles. The van der Waals surface area contributed by atoms with Crippen molar-refractivity contribution in [2.45, 2.75) is 6.36 Å². The van der Waals surface area contributed by atoms with Crippen molar-refractivity contribution in [3.05, 3.63) is 29.8 Å². The number of hydrogen-bond donors (Lipinski definition) is 1. The fourth-order valence-corrected chi connectivity index (χ4v) is 1.33. The van der Waals surface area contributed by atoms with Crippen molar-refractivity contribution < 1.29 is 22.7 Å². The minimum absolute atomic E-state index is 0.125. The summed E-state index contributed by atoms with van der Waals surface area (Å²) in [4.78, 5) is 13.6. The molecule has 1 N–H and O–H groups in total. The lowest BCUT2D eigenvalue weighted by atomic mass is 10.2. The van der Waals surface area contributed by atoms with Gasteiger partial charge in [-0.1, -0.05) is 6.07 Å². The number of carbonyl (C=O) groups is 1. The molecule has 0 spiro atoms. The summed E-state index contributed by atoms with van der Waals surface area (Å²) in [6, 6.07) is 4.96. The van der Waals surface area contributed by atoms with Crippen LogP contribution >= 0.6 is 0 Å². The number of halogens is 3. The number of rotatable bonds is 5. The summed E-state index contributed by atoms with van der Waals surface area (Å²) in [6.07, 6.45) is -4.76. The molecular formula is C12H15F3N2O2. The van der Waals surface area contributed by atoms with Crippen molar-refractivity contribution >= 4 is 5.91 Å². The summed E-state index contributed by atoms with van der Waals surface area (Å²) in [5.74, 6) is -0.845. The van der Waals surface area contributed by atoms with Gasteiger partial charge in [0.15, 0.2) is 0 Å². The molecule has 1 aromatic carbocycles. The lowest BCUT2D eigenvalue weighted by molar-refractivity contribution is -0.274. The number of ether oxygens (including phenoxy) is 1. The molecule has 1 amide bonds. The largest absolute Gasteiger partial charge is 0.573 e. The van der Waals surface area contributed by atoms with Crippen molar-refractivity contribution in [3.8, 4) is 5.75 Å². The Morgan fingerprint density at radius 2 is 2.05 bits per heavy atom. The van der Waals surface area contributed by atoms with E-state index in [-0.39, 0.29) is 5.56 Å². The monoisotopic (exact) mass is 276 g/mol. The van der Waals surface area contributed by atoms with E-state index < -0.39 is 18.0 Å². The zero-order chi connectivity index (χ0) is 14.5. The van der Waals surface area contributed by atoms with E-state index in [9.17, 15) is 18.0 Å². The Morgan fingerprint density at radius 3 is 2.63 bits per heavy atom. The highest BCUT2D eigenvalue weighted by Crippen LogP contribution is 2.23. The summed E-state index contributed by atoms with van der Waals surface area (Å²) < 4.78 is 39.9. The lowest BCUT2D eigenvalue weighted by Gasteiger charge is -2.12. The molecule has 0 aromatic heterocycles. The average Bonchev–Trinajstić information content (AvgIpc) is 2.26. The molecule has 1 rings (SSSR count). The Bertz CT molecular complexity index is 433. The van der Waals surface area contributed by atoms with Crippen molar-refractivity contribution in [1.82, 2.24) is 10.2 Å². The first-order valence-electron chi connectivity index (χ1n) is 5.56. The van der Waals surface area contributed by atoms with Gasteiger partial charge >= 0.3 is 6.36 Å². The third kappa shape index (κ3) is 6.10. The molecule has 0 aliphatic rings. The highest BCUT2D eigenvalue weighted by atomic mass is 19.4. The van der Waals surface area contributed by atoms with E-state index in [1.807, 2.05) is 19.0 Å². The number of likely N-dealkylation sites (N-methyl/N-ethyl adjacent to an activating group) is 1. The first-order valence-corrected chi connectivity index (χ1v) is 5.56. The zero-order valence-corrected chi connectivity index (χ0v) is 10.6. The molecule has 0 saturated heterocycles. The summed E-state index contributed by atoms with van der Waals surface area (Å²) >= 11 is 0. The lowest BCUT2D eigenvalue weighted by Crippen LogP contribution is -2.31. The van der Waals surface area contributed by atoms with Gasteiger partial charge in [0, 0.05) is 18.7 Å². The maximum Gasteiger partial charge on any atom is 0.573 e. The van der Waals surface area contributed by atoms with Crippen LogP contribution in [-0.2, 0) is 0 Å². The van der Waals surface area contributed by atoms with Gasteiger partial charge in [-0.15, -0.1) is 13.2 Å². The van der Waals surface area contributed by atoms with E-state index in [2.05, 4.69) is 10.1 Å². The van der Waals surface area contributed by atoms with Crippen LogP contribution in [0.1, 0.15) is 10.4 Å². The normalized spacial score (nSPS) is 11.5. The molecule has 0 unspecified atom stereocenters. The van der Waals surface area contributed by atoms with Crippen LogP contribution in [0.2, 0.25) is 0 Å². The van der Waals surface area contributed by atoms with E-state index in [1.165, 1.54) is 12.1 Å². The van der Waals surface area contributed by atoms with E-state index in [0.717, 1.165) is 12.1 Å². The highest BCUT2D eigenvalue weighted by molar-refractivity contribution is 5.94. The Hall–Kier alpha value is -1.76. The topological polar surface area (TPSA) is 41.6 Å². The average molecular weight is 276 g/mol. The van der Waals surface area contributed by atoms with Gasteiger partial charge in [-0.3, -0.25) is 4.79 Å². The van der Waals surface area contributed by atoms with Crippen LogP contribution in [0.5, 0.6) is 5.75 Å². The number of hydrogen-bond acceptors (Lipinski definition) is 3. The van der Waals surface area contributed by atoms with Crippen LogP contribution in [0, 0.1) is 0 Å². The molecule has 0 saturated carbocycles. The molecule has 0 aliphatic carbocycles. The fourth-order valence-electron chi connectivity index (χ4n) is 1.33. The second-order valence-electron chi connectivity index (χ2n) is 4.13. The third-order valence-electron chi connectivity index (χ3n) is 2.17. The van der Waals surface area contributed by atoms with Gasteiger partial charge in [0.25, 0.3) is 5.91 Å². The Labute approximate surface area is 109 Å². The van der Waals surface area contributed by atoms with Gasteiger partial charge in [0.1, 0.15) is 5.75 Å². The molecule has 0 atom stereocenters. The SMILES string of the molecule is CN(C)CCNC(=O)c1cccc(OC(F)(F)F)c1. The second-order valence-corrected chi connectivity index (χ2v) is 4.13. The number of nitrogens with one attached hydrogen (secondary N) is 1. The van der Waals surface area contributed by atoms with Gasteiger partial charge in [0.2, 0.25) is 0 Å². The van der Waals surface area contributed by atoms with E-state index in [0.29, 0.717) is 13.1 Å². The summed E-state index contributed by atoms with van der Waals surface area (Å²) in [5, 5.41) is 2.60. The smallest absolute Gasteiger partial charge is 0.406 e. The van der Waals surface area contributed by atoms with Gasteiger partial charge in [0.05, 0.1) is 0 Å². The maximum absolute atomic E-state index is 12.0. The van der Waals surface area contributed by atoms with Gasteiger partial charge in [-0.2, -0.15) is 0 Å². The van der Waals surface area contributed by atoms with E-state index in [4.69, 9.17) is 0 Å². The van der Waals surface area contributed by atoms with E-state index in [1.54, 1.807) is 0 Å². The molecule has 0 fully saturated rings. The Morgan fingerprint density at radius 1 is 1.37 bits per heavy atom. The van der Waals surface area contributed by atoms with E-state index >= 15 is 0 Å². The number of carbonyl (C=O) groups excluding carboxylic acids is 1. The summed E-state index contributed by atoms with van der Waals surface area (Å²) in [6.45, 7) is 1.06. The van der Waals surface area contributed by atoms with Crippen LogP contribution < -0.4 is 10.1 Å². The summed E-state index contributed by atoms with van der Waals surface area (Å²) in [5.41, 5.74) is 0.125. The van der Waals surface area contributed by atoms with Crippen LogP contribution in [0.25, 0.3) is 0 Å². The minimum atomic E-state index is -4.76. The van der Waals surface area contributed by atoms with Crippen LogP contribution in [0.4, 0.5) is 13.2 Å². The quantitative estimate of drug-likeness (QED) is 0.892. The highest BCUT2D eigenvalue weighted by Gasteiger charge is 2.31. The number of nitrogens with zero attached hydrogens (tertiary/aromatic N) is 1. The maximum atomic E-state index is 12.0. The second kappa shape index (κ2) is 6.42. The Balaban J connectivity index is 2.63. The molecule has 0 heterocycles. The predicted molar refractivity (Wildman–Crippen MR) is 64.0 cm³/mol. The molecule has 19 heavy (non-hydrogen) atoms. The van der Waals surface area contributed by atoms with Gasteiger partial charge in [-0.05, 0) is 32.3 Å². The molecule has 1 aromatic rings. The Kier molecular flexibility index (Phi) is 5.17. The molecule has 106 valence electrons. The molecule has 0 bridgehead atoms. The first-order chi connectivity index (χ1) is 8.78. The van der Waals surface area contributed by atoms with Crippen LogP contribution in [-0.4, -0.2) is 44.4 Å². The number of alkyl halides is 3. The molecular weight excluding hydrogens is 261 g/mol. The minimum Gasteiger partial charge on any atom is -0.406 e.